The molecular formula is C19H32IN3O2. The summed E-state index contributed by atoms with van der Waals surface area (Å²) in [5.41, 5.74) is 9.72. The van der Waals surface area contributed by atoms with Gasteiger partial charge in [-0.1, -0.05) is 32.0 Å². The molecule has 0 atom stereocenters. The van der Waals surface area contributed by atoms with Gasteiger partial charge in [-0.2, -0.15) is 0 Å². The predicted molar refractivity (Wildman–Crippen MR) is 115 cm³/mol. The number of halogens is 1. The molecule has 5 nitrogen and oxygen atoms in total. The second-order valence-corrected chi connectivity index (χ2v) is 6.09. The van der Waals surface area contributed by atoms with E-state index in [9.17, 15) is 0 Å². The van der Waals surface area contributed by atoms with Gasteiger partial charge in [0.05, 0.1) is 6.10 Å². The van der Waals surface area contributed by atoms with Gasteiger partial charge in [0.2, 0.25) is 0 Å². The number of hydrogen-bond acceptors (Lipinski definition) is 3. The highest BCUT2D eigenvalue weighted by Gasteiger charge is 2.13. The number of guanidine groups is 1. The number of anilines is 1. The molecule has 2 rings (SSSR count). The smallest absolute Gasteiger partial charge is 0.193 e. The van der Waals surface area contributed by atoms with Gasteiger partial charge in [0.1, 0.15) is 0 Å². The van der Waals surface area contributed by atoms with E-state index in [0.717, 1.165) is 57.6 Å². The van der Waals surface area contributed by atoms with E-state index in [2.05, 4.69) is 42.4 Å². The standard InChI is InChI=1S/C19H31N3O2.HI/c1-3-15-7-5-8-16(4-2)18(15)22-19(20)21-11-6-12-24-17-9-13-23-14-10-17;/h5,7-8,17H,3-4,6,9-14H2,1-2H3,(H3,20,21,22);1H. The maximum Gasteiger partial charge on any atom is 0.193 e. The zero-order valence-electron chi connectivity index (χ0n) is 15.4. The molecule has 0 unspecified atom stereocenters. The van der Waals surface area contributed by atoms with Crippen molar-refractivity contribution >= 4 is 35.6 Å². The van der Waals surface area contributed by atoms with Crippen molar-refractivity contribution in [3.8, 4) is 0 Å². The highest BCUT2D eigenvalue weighted by atomic mass is 127. The second kappa shape index (κ2) is 12.5. The summed E-state index contributed by atoms with van der Waals surface area (Å²) >= 11 is 0. The Kier molecular flexibility index (Phi) is 11.1. The molecule has 1 aliphatic rings. The van der Waals surface area contributed by atoms with Crippen LogP contribution in [0.1, 0.15) is 44.2 Å². The molecule has 0 aliphatic carbocycles. The van der Waals surface area contributed by atoms with Crippen molar-refractivity contribution in [2.75, 3.05) is 31.7 Å². The molecule has 0 spiro atoms. The highest BCUT2D eigenvalue weighted by molar-refractivity contribution is 14.0. The van der Waals surface area contributed by atoms with Crippen molar-refractivity contribution in [1.29, 1.82) is 0 Å². The van der Waals surface area contributed by atoms with Gasteiger partial charge in [0, 0.05) is 32.1 Å². The third-order valence-corrected chi connectivity index (χ3v) is 4.36. The third kappa shape index (κ3) is 7.50. The average Bonchev–Trinajstić information content (AvgIpc) is 2.62. The van der Waals surface area contributed by atoms with Gasteiger partial charge in [-0.25, -0.2) is 0 Å². The predicted octanol–water partition coefficient (Wildman–Crippen LogP) is 3.74. The molecule has 1 heterocycles. The Balaban J connectivity index is 0.00000312. The molecular weight excluding hydrogens is 429 g/mol. The molecule has 0 aromatic heterocycles. The van der Waals surface area contributed by atoms with Crippen molar-refractivity contribution in [1.82, 2.24) is 0 Å². The minimum absolute atomic E-state index is 0. The summed E-state index contributed by atoms with van der Waals surface area (Å²) in [5, 5.41) is 3.29. The van der Waals surface area contributed by atoms with Gasteiger partial charge in [-0.15, -0.1) is 24.0 Å². The van der Waals surface area contributed by atoms with E-state index in [-0.39, 0.29) is 24.0 Å². The Labute approximate surface area is 168 Å². The van der Waals surface area contributed by atoms with Crippen LogP contribution in [-0.2, 0) is 22.3 Å². The van der Waals surface area contributed by atoms with E-state index in [1.807, 2.05) is 0 Å². The van der Waals surface area contributed by atoms with Gasteiger partial charge in [-0.05, 0) is 43.2 Å². The van der Waals surface area contributed by atoms with Gasteiger partial charge in [0.25, 0.3) is 0 Å². The lowest BCUT2D eigenvalue weighted by Gasteiger charge is -2.22. The fraction of sp³-hybridized carbons (Fsp3) is 0.632. The molecule has 0 amide bonds. The van der Waals surface area contributed by atoms with Crippen molar-refractivity contribution in [3.05, 3.63) is 29.3 Å². The fourth-order valence-electron chi connectivity index (χ4n) is 2.93. The largest absolute Gasteiger partial charge is 0.381 e. The molecule has 1 saturated heterocycles. The van der Waals surface area contributed by atoms with Crippen molar-refractivity contribution in [2.45, 2.75) is 52.1 Å². The first-order valence-corrected chi connectivity index (χ1v) is 9.11. The SMILES string of the molecule is CCc1cccc(CC)c1NC(N)=NCCCOC1CCOCC1.I. The lowest BCUT2D eigenvalue weighted by molar-refractivity contribution is -0.0318. The maximum atomic E-state index is 6.06. The molecule has 6 heteroatoms. The van der Waals surface area contributed by atoms with Crippen LogP contribution in [0, 0.1) is 0 Å². The first-order chi connectivity index (χ1) is 11.7. The number of ether oxygens (including phenoxy) is 2. The highest BCUT2D eigenvalue weighted by Crippen LogP contribution is 2.22. The lowest BCUT2D eigenvalue weighted by atomic mass is 10.0. The topological polar surface area (TPSA) is 68.9 Å². The Hall–Kier alpha value is -0.860. The van der Waals surface area contributed by atoms with E-state index in [0.29, 0.717) is 18.6 Å². The van der Waals surface area contributed by atoms with E-state index >= 15 is 0 Å². The monoisotopic (exact) mass is 461 g/mol. The van der Waals surface area contributed by atoms with Crippen molar-refractivity contribution in [3.63, 3.8) is 0 Å². The number of benzene rings is 1. The molecule has 1 fully saturated rings. The first-order valence-electron chi connectivity index (χ1n) is 9.11. The summed E-state index contributed by atoms with van der Waals surface area (Å²) in [5.74, 6) is 0.483. The van der Waals surface area contributed by atoms with Crippen LogP contribution in [-0.4, -0.2) is 38.4 Å². The fourth-order valence-corrected chi connectivity index (χ4v) is 2.93. The van der Waals surface area contributed by atoms with Crippen molar-refractivity contribution in [2.24, 2.45) is 10.7 Å². The molecule has 0 radical (unpaired) electrons. The lowest BCUT2D eigenvalue weighted by Crippen LogP contribution is -2.25. The van der Waals surface area contributed by atoms with E-state index in [1.165, 1.54) is 11.1 Å². The number of nitrogens with two attached hydrogens (primary N) is 1. The van der Waals surface area contributed by atoms with Crippen LogP contribution in [0.5, 0.6) is 0 Å². The summed E-state index contributed by atoms with van der Waals surface area (Å²) in [7, 11) is 0. The average molecular weight is 461 g/mol. The van der Waals surface area contributed by atoms with Crippen molar-refractivity contribution < 1.29 is 9.47 Å². The van der Waals surface area contributed by atoms with Crippen LogP contribution in [0.15, 0.2) is 23.2 Å². The number of rotatable bonds is 8. The van der Waals surface area contributed by atoms with E-state index < -0.39 is 0 Å². The van der Waals surface area contributed by atoms with Gasteiger partial charge in [0.15, 0.2) is 5.96 Å². The number of para-hydroxylation sites is 1. The Morgan fingerprint density at radius 2 is 1.88 bits per heavy atom. The summed E-state index contributed by atoms with van der Waals surface area (Å²) < 4.78 is 11.2. The van der Waals surface area contributed by atoms with E-state index in [1.54, 1.807) is 0 Å². The minimum Gasteiger partial charge on any atom is -0.381 e. The van der Waals surface area contributed by atoms with Crippen LogP contribution in [0.25, 0.3) is 0 Å². The second-order valence-electron chi connectivity index (χ2n) is 6.09. The van der Waals surface area contributed by atoms with Crippen LogP contribution in [0.2, 0.25) is 0 Å². The Morgan fingerprint density at radius 1 is 1.24 bits per heavy atom. The third-order valence-electron chi connectivity index (χ3n) is 4.36. The molecule has 1 aromatic carbocycles. The number of aryl methyl sites for hydroxylation is 2. The van der Waals surface area contributed by atoms with Crippen LogP contribution in [0.3, 0.4) is 0 Å². The number of aliphatic imine (C=N–C) groups is 1. The number of nitrogens with zero attached hydrogens (tertiary/aromatic N) is 1. The molecule has 1 aliphatic heterocycles. The summed E-state index contributed by atoms with van der Waals surface area (Å²) in [6, 6.07) is 6.37. The summed E-state index contributed by atoms with van der Waals surface area (Å²) in [6.07, 6.45) is 5.18. The summed E-state index contributed by atoms with van der Waals surface area (Å²) in [6.45, 7) is 7.35. The van der Waals surface area contributed by atoms with E-state index in [4.69, 9.17) is 15.2 Å². The van der Waals surface area contributed by atoms with Gasteiger partial charge < -0.3 is 20.5 Å². The normalized spacial score (nSPS) is 15.7. The zero-order chi connectivity index (χ0) is 17.2. The molecule has 142 valence electrons. The summed E-state index contributed by atoms with van der Waals surface area (Å²) in [4.78, 5) is 4.43. The molecule has 3 N–H and O–H groups in total. The first kappa shape index (κ1) is 22.2. The molecule has 0 saturated carbocycles. The van der Waals surface area contributed by atoms with Crippen LogP contribution < -0.4 is 11.1 Å². The number of nitrogens with one attached hydrogen (secondary N) is 1. The zero-order valence-corrected chi connectivity index (χ0v) is 17.8. The molecule has 0 bridgehead atoms. The molecule has 25 heavy (non-hydrogen) atoms. The van der Waals surface area contributed by atoms with Gasteiger partial charge in [-0.3, -0.25) is 4.99 Å². The minimum atomic E-state index is 0. The van der Waals surface area contributed by atoms with Crippen LogP contribution >= 0.6 is 24.0 Å². The number of hydrogen-bond donors (Lipinski definition) is 2. The van der Waals surface area contributed by atoms with Crippen LogP contribution in [0.4, 0.5) is 5.69 Å². The Bertz CT molecular complexity index is 509. The Morgan fingerprint density at radius 3 is 2.48 bits per heavy atom. The van der Waals surface area contributed by atoms with Gasteiger partial charge >= 0.3 is 0 Å². The molecule has 1 aromatic rings. The maximum absolute atomic E-state index is 6.06. The quantitative estimate of drug-likeness (QED) is 0.268.